The Morgan fingerprint density at radius 2 is 2.21 bits per heavy atom. The fourth-order valence-electron chi connectivity index (χ4n) is 4.67. The van der Waals surface area contributed by atoms with E-state index in [9.17, 15) is 9.90 Å². The molecule has 1 N–H and O–H groups in total. The zero-order valence-corrected chi connectivity index (χ0v) is 14.9. The van der Waals surface area contributed by atoms with Crippen LogP contribution in [-0.4, -0.2) is 71.3 Å². The van der Waals surface area contributed by atoms with Gasteiger partial charge in [-0.25, -0.2) is 4.98 Å². The molecule has 3 aliphatic heterocycles. The van der Waals surface area contributed by atoms with E-state index in [4.69, 9.17) is 4.74 Å². The van der Waals surface area contributed by atoms with E-state index >= 15 is 0 Å². The van der Waals surface area contributed by atoms with Crippen LogP contribution in [0.1, 0.15) is 23.5 Å². The lowest BCUT2D eigenvalue weighted by atomic mass is 9.81. The predicted molar refractivity (Wildman–Crippen MR) is 91.1 cm³/mol. The van der Waals surface area contributed by atoms with Gasteiger partial charge >= 0.3 is 5.97 Å². The highest BCUT2D eigenvalue weighted by Crippen LogP contribution is 2.44. The van der Waals surface area contributed by atoms with Crippen LogP contribution in [0.15, 0.2) is 5.38 Å². The van der Waals surface area contributed by atoms with Gasteiger partial charge in [-0.2, -0.15) is 0 Å². The van der Waals surface area contributed by atoms with Crippen molar-refractivity contribution in [3.8, 4) is 0 Å². The van der Waals surface area contributed by atoms with Crippen molar-refractivity contribution in [2.75, 3.05) is 39.4 Å². The molecule has 3 saturated heterocycles. The number of hydrogen-bond acceptors (Lipinski definition) is 6. The third-order valence-corrected chi connectivity index (χ3v) is 6.71. The van der Waals surface area contributed by atoms with E-state index in [-0.39, 0.29) is 5.92 Å². The minimum absolute atomic E-state index is 0.220. The number of likely N-dealkylation sites (tertiary alicyclic amines) is 2. The van der Waals surface area contributed by atoms with Gasteiger partial charge in [-0.05, 0) is 19.8 Å². The first-order valence-corrected chi connectivity index (χ1v) is 9.63. The molecule has 3 fully saturated rings. The van der Waals surface area contributed by atoms with E-state index in [0.29, 0.717) is 19.1 Å². The van der Waals surface area contributed by atoms with Crippen molar-refractivity contribution in [3.63, 3.8) is 0 Å². The second-order valence-electron chi connectivity index (χ2n) is 7.46. The SMILES string of the molecule is Cc1nc(CN2C[C@H]3CN(C4CCOCC4)C[C@@]3(C(=O)O)C2)cs1. The number of rotatable bonds is 4. The van der Waals surface area contributed by atoms with E-state index < -0.39 is 11.4 Å². The number of carbonyl (C=O) groups is 1. The first-order chi connectivity index (χ1) is 11.6. The molecule has 0 bridgehead atoms. The van der Waals surface area contributed by atoms with E-state index in [0.717, 1.165) is 56.4 Å². The van der Waals surface area contributed by atoms with Gasteiger partial charge in [0.15, 0.2) is 0 Å². The molecule has 4 rings (SSSR count). The topological polar surface area (TPSA) is 65.9 Å². The number of carboxylic acids is 1. The zero-order chi connectivity index (χ0) is 16.7. The summed E-state index contributed by atoms with van der Waals surface area (Å²) in [5, 5.41) is 13.1. The minimum atomic E-state index is -0.626. The number of aliphatic carboxylic acids is 1. The van der Waals surface area contributed by atoms with Crippen molar-refractivity contribution in [1.29, 1.82) is 0 Å². The van der Waals surface area contributed by atoms with Crippen molar-refractivity contribution in [1.82, 2.24) is 14.8 Å². The lowest BCUT2D eigenvalue weighted by molar-refractivity contribution is -0.149. The van der Waals surface area contributed by atoms with Gasteiger partial charge < -0.3 is 9.84 Å². The summed E-state index contributed by atoms with van der Waals surface area (Å²) in [5.41, 5.74) is 0.461. The Morgan fingerprint density at radius 1 is 1.42 bits per heavy atom. The highest BCUT2D eigenvalue weighted by Gasteiger charge is 2.58. The molecule has 24 heavy (non-hydrogen) atoms. The average molecular weight is 351 g/mol. The molecule has 0 saturated carbocycles. The zero-order valence-electron chi connectivity index (χ0n) is 14.1. The second kappa shape index (κ2) is 6.37. The maximum Gasteiger partial charge on any atom is 0.312 e. The van der Waals surface area contributed by atoms with E-state index in [1.54, 1.807) is 11.3 Å². The van der Waals surface area contributed by atoms with Gasteiger partial charge in [0, 0.05) is 63.3 Å². The number of ether oxygens (including phenoxy) is 1. The molecule has 0 aliphatic carbocycles. The molecular formula is C17H25N3O3S. The molecule has 132 valence electrons. The molecular weight excluding hydrogens is 326 g/mol. The van der Waals surface area contributed by atoms with Gasteiger partial charge in [-0.1, -0.05) is 0 Å². The van der Waals surface area contributed by atoms with Gasteiger partial charge in [0.05, 0.1) is 16.1 Å². The summed E-state index contributed by atoms with van der Waals surface area (Å²) in [6.07, 6.45) is 2.06. The Balaban J connectivity index is 1.45. The average Bonchev–Trinajstić information content (AvgIpc) is 3.21. The van der Waals surface area contributed by atoms with Crippen molar-refractivity contribution < 1.29 is 14.6 Å². The minimum Gasteiger partial charge on any atom is -0.481 e. The maximum absolute atomic E-state index is 12.1. The van der Waals surface area contributed by atoms with Crippen LogP contribution in [0.2, 0.25) is 0 Å². The van der Waals surface area contributed by atoms with Gasteiger partial charge in [0.1, 0.15) is 0 Å². The normalized spacial score (nSPS) is 32.3. The van der Waals surface area contributed by atoms with Gasteiger partial charge in [0.2, 0.25) is 0 Å². The number of carboxylic acid groups (broad SMARTS) is 1. The predicted octanol–water partition coefficient (Wildman–Crippen LogP) is 1.45. The van der Waals surface area contributed by atoms with Crippen LogP contribution in [0.5, 0.6) is 0 Å². The summed E-state index contributed by atoms with van der Waals surface area (Å²) in [7, 11) is 0. The molecule has 4 heterocycles. The van der Waals surface area contributed by atoms with Crippen molar-refractivity contribution in [3.05, 3.63) is 16.1 Å². The van der Waals surface area contributed by atoms with Crippen molar-refractivity contribution >= 4 is 17.3 Å². The fourth-order valence-corrected chi connectivity index (χ4v) is 5.27. The van der Waals surface area contributed by atoms with E-state index in [1.807, 2.05) is 6.92 Å². The monoisotopic (exact) mass is 351 g/mol. The number of thiazole rings is 1. The third kappa shape index (κ3) is 2.87. The summed E-state index contributed by atoms with van der Waals surface area (Å²) in [6, 6.07) is 0.496. The summed E-state index contributed by atoms with van der Waals surface area (Å²) in [6.45, 7) is 7.49. The highest BCUT2D eigenvalue weighted by atomic mass is 32.1. The number of aryl methyl sites for hydroxylation is 1. The number of fused-ring (bicyclic) bond motifs is 1. The second-order valence-corrected chi connectivity index (χ2v) is 8.52. The Kier molecular flexibility index (Phi) is 4.36. The molecule has 2 atom stereocenters. The molecule has 0 radical (unpaired) electrons. The smallest absolute Gasteiger partial charge is 0.312 e. The largest absolute Gasteiger partial charge is 0.481 e. The van der Waals surface area contributed by atoms with Crippen LogP contribution in [0.3, 0.4) is 0 Å². The van der Waals surface area contributed by atoms with Crippen molar-refractivity contribution in [2.24, 2.45) is 11.3 Å². The molecule has 6 nitrogen and oxygen atoms in total. The first-order valence-electron chi connectivity index (χ1n) is 8.75. The van der Waals surface area contributed by atoms with Crippen LogP contribution in [0.25, 0.3) is 0 Å². The van der Waals surface area contributed by atoms with Crippen molar-refractivity contribution in [2.45, 2.75) is 32.4 Å². The van der Waals surface area contributed by atoms with Gasteiger partial charge in [-0.15, -0.1) is 11.3 Å². The van der Waals surface area contributed by atoms with E-state index in [1.165, 1.54) is 0 Å². The van der Waals surface area contributed by atoms with Crippen LogP contribution < -0.4 is 0 Å². The summed E-state index contributed by atoms with van der Waals surface area (Å²) < 4.78 is 5.45. The Morgan fingerprint density at radius 3 is 2.83 bits per heavy atom. The van der Waals surface area contributed by atoms with E-state index in [2.05, 4.69) is 20.2 Å². The summed E-state index contributed by atoms with van der Waals surface area (Å²) >= 11 is 1.66. The first kappa shape index (κ1) is 16.4. The molecule has 3 aliphatic rings. The molecule has 7 heteroatoms. The number of hydrogen-bond donors (Lipinski definition) is 1. The Labute approximate surface area is 146 Å². The summed E-state index contributed by atoms with van der Waals surface area (Å²) in [5.74, 6) is -0.406. The number of nitrogens with zero attached hydrogens (tertiary/aromatic N) is 3. The number of aromatic nitrogens is 1. The molecule has 1 aromatic heterocycles. The van der Waals surface area contributed by atoms with Crippen LogP contribution in [-0.2, 0) is 16.1 Å². The molecule has 0 aromatic carbocycles. The third-order valence-electron chi connectivity index (χ3n) is 5.89. The van der Waals surface area contributed by atoms with Crippen LogP contribution in [0, 0.1) is 18.3 Å². The lowest BCUT2D eigenvalue weighted by Gasteiger charge is -2.33. The maximum atomic E-state index is 12.1. The van der Waals surface area contributed by atoms with Gasteiger partial charge in [0.25, 0.3) is 0 Å². The van der Waals surface area contributed by atoms with Gasteiger partial charge in [-0.3, -0.25) is 14.6 Å². The molecule has 0 spiro atoms. The Hall–Kier alpha value is -1.02. The van der Waals surface area contributed by atoms with Crippen LogP contribution in [0.4, 0.5) is 0 Å². The van der Waals surface area contributed by atoms with Crippen LogP contribution >= 0.6 is 11.3 Å². The molecule has 0 unspecified atom stereocenters. The fraction of sp³-hybridized carbons (Fsp3) is 0.765. The lowest BCUT2D eigenvalue weighted by Crippen LogP contribution is -2.44. The standard InChI is InChI=1S/C17H25N3O3S/c1-12-18-14(9-24-12)8-19-6-13-7-20(15-2-4-23-5-3-15)11-17(13,10-19)16(21)22/h9,13,15H,2-8,10-11H2,1H3,(H,21,22)/t13-,17-/m0/s1. The quantitative estimate of drug-likeness (QED) is 0.886. The molecule has 1 aromatic rings. The summed E-state index contributed by atoms with van der Waals surface area (Å²) in [4.78, 5) is 21.4. The highest BCUT2D eigenvalue weighted by molar-refractivity contribution is 7.09. The Bertz CT molecular complexity index is 616. The molecule has 0 amide bonds.